The van der Waals surface area contributed by atoms with E-state index in [9.17, 15) is 18.0 Å². The number of ether oxygens (including phenoxy) is 2. The summed E-state index contributed by atoms with van der Waals surface area (Å²) in [4.78, 5) is 23.0. The molecule has 0 aromatic heterocycles. The van der Waals surface area contributed by atoms with Crippen molar-refractivity contribution in [2.24, 2.45) is 0 Å². The third-order valence-corrected chi connectivity index (χ3v) is 6.42. The van der Waals surface area contributed by atoms with E-state index in [0.29, 0.717) is 6.42 Å². The molecule has 0 aliphatic carbocycles. The summed E-state index contributed by atoms with van der Waals surface area (Å²) in [7, 11) is -3.36. The molecule has 0 unspecified atom stereocenters. The van der Waals surface area contributed by atoms with Gasteiger partial charge in [0.25, 0.3) is 10.1 Å². The summed E-state index contributed by atoms with van der Waals surface area (Å²) in [6, 6.07) is 0. The minimum Gasteiger partial charge on any atom is -0.465 e. The van der Waals surface area contributed by atoms with E-state index in [4.69, 9.17) is 3.63 Å². The lowest BCUT2D eigenvalue weighted by Crippen LogP contribution is -2.18. The van der Waals surface area contributed by atoms with E-state index in [2.05, 4.69) is 9.47 Å². The van der Waals surface area contributed by atoms with E-state index < -0.39 is 32.4 Å². The van der Waals surface area contributed by atoms with Gasteiger partial charge in [-0.1, -0.05) is 13.0 Å². The third kappa shape index (κ3) is 7.49. The van der Waals surface area contributed by atoms with Gasteiger partial charge in [0.05, 0.1) is 20.0 Å². The monoisotopic (exact) mass is 342 g/mol. The summed E-state index contributed by atoms with van der Waals surface area (Å²) >= 11 is 0. The molecule has 0 spiro atoms. The van der Waals surface area contributed by atoms with Crippen LogP contribution in [0.3, 0.4) is 0 Å². The zero-order valence-electron chi connectivity index (χ0n) is 12.9. The highest BCUT2D eigenvalue weighted by molar-refractivity contribution is 8.32. The number of rotatable bonds is 8. The average molecular weight is 342 g/mol. The Morgan fingerprint density at radius 3 is 1.90 bits per heavy atom. The summed E-state index contributed by atoms with van der Waals surface area (Å²) in [6.07, 6.45) is 4.99. The van der Waals surface area contributed by atoms with E-state index in [1.165, 1.54) is 6.08 Å². The van der Waals surface area contributed by atoms with Crippen LogP contribution in [0.25, 0.3) is 0 Å². The summed E-state index contributed by atoms with van der Waals surface area (Å²) in [5, 5.41) is 0. The van der Waals surface area contributed by atoms with Gasteiger partial charge in [-0.2, -0.15) is 8.42 Å². The Hall–Kier alpha value is -1.06. The molecule has 0 heterocycles. The molecule has 0 aliphatic heterocycles. The van der Waals surface area contributed by atoms with Crippen LogP contribution in [0, 0.1) is 0 Å². The predicted molar refractivity (Wildman–Crippen MR) is 81.6 cm³/mol. The molecule has 0 saturated heterocycles. The predicted octanol–water partition coefficient (Wildman–Crippen LogP) is 0.994. The smallest absolute Gasteiger partial charge is 0.344 e. The number of esters is 2. The van der Waals surface area contributed by atoms with Crippen LogP contribution >= 0.6 is 10.3 Å². The maximum absolute atomic E-state index is 11.7. The minimum absolute atomic E-state index is 0.0754. The fourth-order valence-electron chi connectivity index (χ4n) is 1.35. The summed E-state index contributed by atoms with van der Waals surface area (Å²) in [5.74, 6) is -1.65. The van der Waals surface area contributed by atoms with E-state index in [1.807, 2.05) is 0 Å². The number of hydrogen-bond donors (Lipinski definition) is 0. The molecule has 0 aromatic rings. The Labute approximate surface area is 127 Å². The first-order chi connectivity index (χ1) is 9.58. The first-order valence-electron chi connectivity index (χ1n) is 6.10. The molecule has 0 saturated carbocycles. The van der Waals surface area contributed by atoms with Gasteiger partial charge in [0.2, 0.25) is 0 Å². The van der Waals surface area contributed by atoms with Crippen molar-refractivity contribution in [3.8, 4) is 0 Å². The fourth-order valence-corrected chi connectivity index (χ4v) is 5.15. The SMILES string of the molecule is CCCS(=O)(=O)OS(C)(C)CC=C(C(=O)OC)C(=O)OC. The van der Waals surface area contributed by atoms with Gasteiger partial charge in [-0.25, -0.2) is 13.2 Å². The van der Waals surface area contributed by atoms with Crippen molar-refractivity contribution in [3.63, 3.8) is 0 Å². The van der Waals surface area contributed by atoms with E-state index in [0.717, 1.165) is 14.2 Å². The van der Waals surface area contributed by atoms with E-state index >= 15 is 0 Å². The van der Waals surface area contributed by atoms with Gasteiger partial charge in [-0.15, -0.1) is 10.3 Å². The second kappa shape index (κ2) is 8.40. The van der Waals surface area contributed by atoms with Gasteiger partial charge in [0, 0.05) is 5.75 Å². The lowest BCUT2D eigenvalue weighted by molar-refractivity contribution is -0.144. The van der Waals surface area contributed by atoms with Crippen LogP contribution in [0.5, 0.6) is 0 Å². The summed E-state index contributed by atoms with van der Waals surface area (Å²) < 4.78 is 37.4. The molecule has 0 rings (SSSR count). The Morgan fingerprint density at radius 1 is 1.05 bits per heavy atom. The van der Waals surface area contributed by atoms with Crippen molar-refractivity contribution in [1.29, 1.82) is 0 Å². The van der Waals surface area contributed by atoms with Crippen LogP contribution in [0.1, 0.15) is 13.3 Å². The molecule has 0 amide bonds. The molecule has 124 valence electrons. The van der Waals surface area contributed by atoms with Crippen molar-refractivity contribution < 1.29 is 31.1 Å². The normalized spacial score (nSPS) is 12.4. The second-order valence-corrected chi connectivity index (χ2v) is 9.81. The van der Waals surface area contributed by atoms with Gasteiger partial charge in [0.1, 0.15) is 5.57 Å². The van der Waals surface area contributed by atoms with Crippen molar-refractivity contribution in [1.82, 2.24) is 0 Å². The van der Waals surface area contributed by atoms with Crippen LogP contribution in [-0.4, -0.2) is 58.6 Å². The fraction of sp³-hybridized carbons (Fsp3) is 0.667. The highest BCUT2D eigenvalue weighted by Crippen LogP contribution is 2.43. The molecule has 0 bridgehead atoms. The van der Waals surface area contributed by atoms with Crippen LogP contribution in [0.4, 0.5) is 0 Å². The Balaban J connectivity index is 5.09. The van der Waals surface area contributed by atoms with Crippen LogP contribution in [-0.2, 0) is 32.8 Å². The number of hydrogen-bond acceptors (Lipinski definition) is 7. The molecule has 0 radical (unpaired) electrons. The molecule has 21 heavy (non-hydrogen) atoms. The van der Waals surface area contributed by atoms with Gasteiger partial charge < -0.3 is 9.47 Å². The molecule has 9 heteroatoms. The number of methoxy groups -OCH3 is 2. The van der Waals surface area contributed by atoms with E-state index in [-0.39, 0.29) is 17.1 Å². The van der Waals surface area contributed by atoms with Crippen LogP contribution in [0.15, 0.2) is 11.6 Å². The Bertz CT molecular complexity index is 488. The molecular formula is C12H22O7S2. The van der Waals surface area contributed by atoms with Crippen molar-refractivity contribution >= 4 is 32.4 Å². The van der Waals surface area contributed by atoms with Crippen molar-refractivity contribution in [3.05, 3.63) is 11.6 Å². The zero-order chi connectivity index (χ0) is 16.7. The third-order valence-electron chi connectivity index (χ3n) is 2.24. The average Bonchev–Trinajstić information content (AvgIpc) is 2.36. The topological polar surface area (TPSA) is 96.0 Å². The van der Waals surface area contributed by atoms with Gasteiger partial charge >= 0.3 is 11.9 Å². The lowest BCUT2D eigenvalue weighted by atomic mass is 10.2. The zero-order valence-corrected chi connectivity index (χ0v) is 14.5. The Kier molecular flexibility index (Phi) is 7.98. The molecule has 7 nitrogen and oxygen atoms in total. The Morgan fingerprint density at radius 2 is 1.52 bits per heavy atom. The number of carbonyl (C=O) groups is 2. The summed E-state index contributed by atoms with van der Waals surface area (Å²) in [6.45, 7) is 1.73. The summed E-state index contributed by atoms with van der Waals surface area (Å²) in [5.41, 5.74) is -0.280. The highest BCUT2D eigenvalue weighted by atomic mass is 32.3. The van der Waals surface area contributed by atoms with Gasteiger partial charge in [-0.3, -0.25) is 0 Å². The molecule has 0 aromatic carbocycles. The molecule has 0 aliphatic rings. The molecule has 0 N–H and O–H groups in total. The number of carbonyl (C=O) groups excluding carboxylic acids is 2. The first-order valence-corrected chi connectivity index (χ1v) is 10.2. The van der Waals surface area contributed by atoms with Gasteiger partial charge in [-0.05, 0) is 18.9 Å². The maximum atomic E-state index is 11.7. The van der Waals surface area contributed by atoms with E-state index in [1.54, 1.807) is 19.4 Å². The molecule has 0 fully saturated rings. The standard InChI is InChI=1S/C12H22O7S2/c1-6-8-21(15,16)19-20(4,5)9-7-10(11(13)17-2)12(14)18-3/h7H,6,8-9H2,1-5H3. The largest absolute Gasteiger partial charge is 0.465 e. The molecular weight excluding hydrogens is 320 g/mol. The highest BCUT2D eigenvalue weighted by Gasteiger charge is 2.24. The van der Waals surface area contributed by atoms with Crippen LogP contribution in [0.2, 0.25) is 0 Å². The minimum atomic E-state index is -3.61. The maximum Gasteiger partial charge on any atom is 0.344 e. The quantitative estimate of drug-likeness (QED) is 0.281. The van der Waals surface area contributed by atoms with Crippen molar-refractivity contribution in [2.45, 2.75) is 13.3 Å². The first kappa shape index (κ1) is 19.9. The van der Waals surface area contributed by atoms with Gasteiger partial charge in [0.15, 0.2) is 0 Å². The second-order valence-electron chi connectivity index (χ2n) is 4.53. The molecule has 0 atom stereocenters. The lowest BCUT2D eigenvalue weighted by Gasteiger charge is -2.28. The van der Waals surface area contributed by atoms with Crippen LogP contribution < -0.4 is 0 Å². The van der Waals surface area contributed by atoms with Crippen molar-refractivity contribution in [2.75, 3.05) is 38.2 Å².